The Morgan fingerprint density at radius 2 is 1.73 bits per heavy atom. The molecule has 10 heteroatoms. The number of benzene rings is 3. The van der Waals surface area contributed by atoms with Crippen molar-refractivity contribution in [2.45, 2.75) is 37.6 Å². The minimum absolute atomic E-state index is 0.0129. The lowest BCUT2D eigenvalue weighted by Crippen LogP contribution is -2.46. The maximum Gasteiger partial charge on any atom is 0.336 e. The first-order chi connectivity index (χ1) is 19.4. The molecule has 2 atom stereocenters. The van der Waals surface area contributed by atoms with Gasteiger partial charge in [0.05, 0.1) is 28.8 Å². The van der Waals surface area contributed by atoms with Gasteiger partial charge in [-0.2, -0.15) is 0 Å². The molecule has 0 radical (unpaired) electrons. The van der Waals surface area contributed by atoms with Gasteiger partial charge in [0.25, 0.3) is 5.91 Å². The van der Waals surface area contributed by atoms with Gasteiger partial charge in [0.15, 0.2) is 5.72 Å². The molecule has 7 nitrogen and oxygen atoms in total. The summed E-state index contributed by atoms with van der Waals surface area (Å²) in [7, 11) is 3.39. The van der Waals surface area contributed by atoms with E-state index in [0.717, 1.165) is 25.9 Å². The number of carbonyl (C=O) groups is 2. The third-order valence-electron chi connectivity index (χ3n) is 8.54. The fraction of sp³-hybridized carbons (Fsp3) is 0.355. The predicted octanol–water partition coefficient (Wildman–Crippen LogP) is 5.88. The molecule has 5 rings (SSSR count). The van der Waals surface area contributed by atoms with Gasteiger partial charge in [0.2, 0.25) is 0 Å². The topological polar surface area (TPSA) is 90.3 Å². The first kappa shape index (κ1) is 29.5. The molecule has 3 aromatic carbocycles. The number of aliphatic hydroxyl groups is 1. The van der Waals surface area contributed by atoms with E-state index in [9.17, 15) is 19.8 Å². The third-order valence-corrected chi connectivity index (χ3v) is 9.03. The average molecular weight is 602 g/mol. The van der Waals surface area contributed by atoms with Crippen LogP contribution < -0.4 is 0 Å². The van der Waals surface area contributed by atoms with Crippen LogP contribution in [0.5, 0.6) is 0 Å². The standard InChI is InChI=1S/C31H31Cl2FN2O5/c1-30(40,19-10-12-35(2)13-11-19)21-14-25-27(26(34)15-21)31(41-3,20-5-8-22(32)9-6-20)36(28(25)37)17-18-4-7-23(33)16-24(18)29(38)39/h4-9,14-16,19,40H,10-13,17H2,1-3H3,(H,38,39)/t30?,31-/m1/s1. The van der Waals surface area contributed by atoms with Gasteiger partial charge >= 0.3 is 5.97 Å². The summed E-state index contributed by atoms with van der Waals surface area (Å²) < 4.78 is 22.4. The van der Waals surface area contributed by atoms with E-state index in [-0.39, 0.29) is 39.7 Å². The summed E-state index contributed by atoms with van der Waals surface area (Å²) >= 11 is 12.2. The van der Waals surface area contributed by atoms with Crippen molar-refractivity contribution in [1.29, 1.82) is 0 Å². The first-order valence-electron chi connectivity index (χ1n) is 13.3. The summed E-state index contributed by atoms with van der Waals surface area (Å²) in [6.07, 6.45) is 1.45. The molecule has 0 aromatic heterocycles. The molecule has 3 aromatic rings. The highest BCUT2D eigenvalue weighted by Gasteiger charge is 2.54. The molecular weight excluding hydrogens is 570 g/mol. The molecule has 41 heavy (non-hydrogen) atoms. The molecule has 1 saturated heterocycles. The number of aromatic carboxylic acids is 1. The van der Waals surface area contributed by atoms with Gasteiger partial charge < -0.3 is 19.8 Å². The zero-order valence-corrected chi connectivity index (χ0v) is 24.5. The molecule has 216 valence electrons. The maximum absolute atomic E-state index is 16.4. The molecule has 2 aliphatic heterocycles. The second kappa shape index (κ2) is 11.0. The number of carboxylic acid groups (broad SMARTS) is 1. The van der Waals surface area contributed by atoms with Crippen LogP contribution in [-0.4, -0.2) is 59.1 Å². The lowest BCUT2D eigenvalue weighted by Gasteiger charge is -2.39. The number of rotatable bonds is 7. The molecule has 0 spiro atoms. The van der Waals surface area contributed by atoms with E-state index in [4.69, 9.17) is 27.9 Å². The number of carboxylic acids is 1. The van der Waals surface area contributed by atoms with Crippen LogP contribution in [0.15, 0.2) is 54.6 Å². The Morgan fingerprint density at radius 1 is 1.10 bits per heavy atom. The summed E-state index contributed by atoms with van der Waals surface area (Å²) in [6.45, 7) is 3.05. The molecule has 2 heterocycles. The van der Waals surface area contributed by atoms with E-state index >= 15 is 4.39 Å². The summed E-state index contributed by atoms with van der Waals surface area (Å²) in [4.78, 5) is 29.8. The zero-order chi connectivity index (χ0) is 29.7. The summed E-state index contributed by atoms with van der Waals surface area (Å²) in [5, 5.41) is 22.2. The van der Waals surface area contributed by atoms with Crippen molar-refractivity contribution < 1.29 is 28.9 Å². The minimum atomic E-state index is -1.74. The number of likely N-dealkylation sites (tertiary alicyclic amines) is 1. The van der Waals surface area contributed by atoms with E-state index in [1.165, 1.54) is 36.3 Å². The van der Waals surface area contributed by atoms with Crippen molar-refractivity contribution in [3.05, 3.63) is 104 Å². The summed E-state index contributed by atoms with van der Waals surface area (Å²) in [5.74, 6) is -2.63. The number of ether oxygens (including phenoxy) is 1. The monoisotopic (exact) mass is 600 g/mol. The van der Waals surface area contributed by atoms with Crippen molar-refractivity contribution in [1.82, 2.24) is 9.80 Å². The minimum Gasteiger partial charge on any atom is -0.478 e. The van der Waals surface area contributed by atoms with Gasteiger partial charge in [-0.3, -0.25) is 9.69 Å². The molecular formula is C31H31Cl2FN2O5. The van der Waals surface area contributed by atoms with Gasteiger partial charge in [0.1, 0.15) is 5.82 Å². The summed E-state index contributed by atoms with van der Waals surface area (Å²) in [6, 6.07) is 13.7. The lowest BCUT2D eigenvalue weighted by atomic mass is 9.76. The maximum atomic E-state index is 16.4. The summed E-state index contributed by atoms with van der Waals surface area (Å²) in [5.41, 5.74) is -2.17. The number of methoxy groups -OCH3 is 1. The fourth-order valence-corrected chi connectivity index (χ4v) is 6.49. The number of halogens is 3. The number of fused-ring (bicyclic) bond motifs is 1. The number of nitrogens with zero attached hydrogens (tertiary/aromatic N) is 2. The number of hydrogen-bond acceptors (Lipinski definition) is 5. The van der Waals surface area contributed by atoms with Crippen molar-refractivity contribution in [2.24, 2.45) is 5.92 Å². The van der Waals surface area contributed by atoms with Gasteiger partial charge in [-0.25, -0.2) is 9.18 Å². The van der Waals surface area contributed by atoms with E-state index in [2.05, 4.69) is 4.90 Å². The highest BCUT2D eigenvalue weighted by molar-refractivity contribution is 6.31. The lowest BCUT2D eigenvalue weighted by molar-refractivity contribution is -0.0883. The SMILES string of the molecule is CO[C@]1(c2ccc(Cl)cc2)c2c(F)cc(C(C)(O)C3CCN(C)CC3)cc2C(=O)N1Cc1ccc(Cl)cc1C(=O)O. The Balaban J connectivity index is 1.68. The zero-order valence-electron chi connectivity index (χ0n) is 23.0. The Kier molecular flexibility index (Phi) is 7.91. The van der Waals surface area contributed by atoms with Crippen LogP contribution in [0.1, 0.15) is 62.7 Å². The molecule has 1 unspecified atom stereocenters. The van der Waals surface area contributed by atoms with Gasteiger partial charge in [-0.15, -0.1) is 0 Å². The van der Waals surface area contributed by atoms with Crippen LogP contribution in [0.2, 0.25) is 10.0 Å². The molecule has 1 amide bonds. The van der Waals surface area contributed by atoms with E-state index in [1.54, 1.807) is 37.3 Å². The Bertz CT molecular complexity index is 1510. The third kappa shape index (κ3) is 5.02. The molecule has 0 aliphatic carbocycles. The van der Waals surface area contributed by atoms with Crippen LogP contribution in [-0.2, 0) is 22.6 Å². The molecule has 1 fully saturated rings. The van der Waals surface area contributed by atoms with Crippen molar-refractivity contribution in [2.75, 3.05) is 27.2 Å². The quantitative estimate of drug-likeness (QED) is 0.352. The number of piperidine rings is 1. The first-order valence-corrected chi connectivity index (χ1v) is 14.1. The van der Waals surface area contributed by atoms with Crippen LogP contribution in [0.4, 0.5) is 4.39 Å². The highest BCUT2D eigenvalue weighted by Crippen LogP contribution is 2.49. The van der Waals surface area contributed by atoms with Crippen molar-refractivity contribution in [3.8, 4) is 0 Å². The van der Waals surface area contributed by atoms with Crippen LogP contribution >= 0.6 is 23.2 Å². The van der Waals surface area contributed by atoms with Crippen molar-refractivity contribution >= 4 is 35.1 Å². The number of hydrogen-bond donors (Lipinski definition) is 2. The Morgan fingerprint density at radius 3 is 2.34 bits per heavy atom. The predicted molar refractivity (Wildman–Crippen MR) is 154 cm³/mol. The van der Waals surface area contributed by atoms with Gasteiger partial charge in [-0.1, -0.05) is 41.4 Å². The number of carbonyl (C=O) groups excluding carboxylic acids is 1. The average Bonchev–Trinajstić information content (AvgIpc) is 3.18. The Hall–Kier alpha value is -3.01. The van der Waals surface area contributed by atoms with Crippen molar-refractivity contribution in [3.63, 3.8) is 0 Å². The molecule has 2 aliphatic rings. The molecule has 2 N–H and O–H groups in total. The second-order valence-corrected chi connectivity index (χ2v) is 11.8. The molecule has 0 saturated carbocycles. The number of amides is 1. The second-order valence-electron chi connectivity index (χ2n) is 11.0. The van der Waals surface area contributed by atoms with Gasteiger partial charge in [0, 0.05) is 22.7 Å². The van der Waals surface area contributed by atoms with Gasteiger partial charge in [-0.05, 0) is 93.3 Å². The van der Waals surface area contributed by atoms with Crippen LogP contribution in [0.3, 0.4) is 0 Å². The Labute approximate surface area is 248 Å². The van der Waals surface area contributed by atoms with E-state index < -0.39 is 29.0 Å². The van der Waals surface area contributed by atoms with E-state index in [1.807, 2.05) is 7.05 Å². The molecule has 0 bridgehead atoms. The highest BCUT2D eigenvalue weighted by atomic mass is 35.5. The largest absolute Gasteiger partial charge is 0.478 e. The fourth-order valence-electron chi connectivity index (χ4n) is 6.19. The van der Waals surface area contributed by atoms with E-state index in [0.29, 0.717) is 16.1 Å². The normalized spacial score (nSPS) is 21.1. The van der Waals surface area contributed by atoms with Crippen LogP contribution in [0.25, 0.3) is 0 Å². The smallest absolute Gasteiger partial charge is 0.336 e. The van der Waals surface area contributed by atoms with Crippen LogP contribution in [0, 0.1) is 11.7 Å².